The second kappa shape index (κ2) is 10.0. The molecule has 0 aromatic heterocycles. The number of methoxy groups -OCH3 is 2. The monoisotopic (exact) mass is 114 g/mol. The van der Waals surface area contributed by atoms with E-state index in [1.54, 1.807) is 14.2 Å². The molecule has 7 heavy (non-hydrogen) atoms. The van der Waals surface area contributed by atoms with Crippen molar-refractivity contribution in [1.82, 2.24) is 0 Å². The molecule has 0 aliphatic carbocycles. The first-order valence-corrected chi connectivity index (χ1v) is 1.89. The van der Waals surface area contributed by atoms with Crippen LogP contribution in [0.3, 0.4) is 0 Å². The standard InChI is InChI=1S/C4H10O2.Na.H/c1-5-3-4-6-2;;/h3-4H2,1-2H3;;. The average molecular weight is 114 g/mol. The maximum atomic E-state index is 4.66. The summed E-state index contributed by atoms with van der Waals surface area (Å²) in [6.07, 6.45) is 0. The van der Waals surface area contributed by atoms with Gasteiger partial charge in [-0.05, 0) is 0 Å². The van der Waals surface area contributed by atoms with E-state index in [0.29, 0.717) is 13.2 Å². The van der Waals surface area contributed by atoms with E-state index >= 15 is 0 Å². The molecule has 0 saturated carbocycles. The van der Waals surface area contributed by atoms with Crippen molar-refractivity contribution in [3.8, 4) is 0 Å². The van der Waals surface area contributed by atoms with Crippen molar-refractivity contribution in [3.63, 3.8) is 0 Å². The van der Waals surface area contributed by atoms with Crippen LogP contribution in [0.2, 0.25) is 0 Å². The third-order valence-electron chi connectivity index (χ3n) is 0.492. The summed E-state index contributed by atoms with van der Waals surface area (Å²) in [5.74, 6) is 0. The molecule has 0 aromatic rings. The van der Waals surface area contributed by atoms with E-state index in [9.17, 15) is 0 Å². The Labute approximate surface area is 66.5 Å². The zero-order chi connectivity index (χ0) is 4.83. The third kappa shape index (κ3) is 10.9. The first kappa shape index (κ1) is 10.8. The van der Waals surface area contributed by atoms with Gasteiger partial charge in [-0.1, -0.05) is 0 Å². The predicted octanol–water partition coefficient (Wildman–Crippen LogP) is -0.369. The Kier molecular flexibility index (Phi) is 15.5. The fourth-order valence-electron chi connectivity index (χ4n) is 0.167. The van der Waals surface area contributed by atoms with Crippen molar-refractivity contribution in [2.75, 3.05) is 27.4 Å². The first-order valence-electron chi connectivity index (χ1n) is 1.89. The zero-order valence-corrected chi connectivity index (χ0v) is 4.23. The van der Waals surface area contributed by atoms with Crippen LogP contribution in [0, 0.1) is 0 Å². The fourth-order valence-corrected chi connectivity index (χ4v) is 0.167. The number of hydrogen-bond donors (Lipinski definition) is 0. The van der Waals surface area contributed by atoms with Crippen LogP contribution in [0.1, 0.15) is 0 Å². The first-order chi connectivity index (χ1) is 2.91. The minimum atomic E-state index is 0. The molecule has 0 bridgehead atoms. The molecule has 0 spiro atoms. The van der Waals surface area contributed by atoms with Gasteiger partial charge >= 0.3 is 29.6 Å². The van der Waals surface area contributed by atoms with Gasteiger partial charge in [0.1, 0.15) is 0 Å². The van der Waals surface area contributed by atoms with Crippen LogP contribution in [-0.2, 0) is 9.47 Å². The minimum absolute atomic E-state index is 0. The molecule has 3 heteroatoms. The van der Waals surface area contributed by atoms with E-state index < -0.39 is 0 Å². The van der Waals surface area contributed by atoms with Crippen molar-refractivity contribution < 1.29 is 9.47 Å². The topological polar surface area (TPSA) is 18.5 Å². The Morgan fingerprint density at radius 3 is 1.43 bits per heavy atom. The number of rotatable bonds is 3. The molecule has 0 fully saturated rings. The van der Waals surface area contributed by atoms with Crippen LogP contribution in [-0.4, -0.2) is 57.0 Å². The second-order valence-electron chi connectivity index (χ2n) is 0.986. The van der Waals surface area contributed by atoms with Gasteiger partial charge in [0.05, 0.1) is 13.2 Å². The van der Waals surface area contributed by atoms with E-state index in [2.05, 4.69) is 9.47 Å². The summed E-state index contributed by atoms with van der Waals surface area (Å²) in [5.41, 5.74) is 0. The predicted molar refractivity (Wildman–Crippen MR) is 30.9 cm³/mol. The van der Waals surface area contributed by atoms with Crippen LogP contribution in [0.4, 0.5) is 0 Å². The van der Waals surface area contributed by atoms with Crippen LogP contribution >= 0.6 is 0 Å². The molecule has 0 saturated heterocycles. The summed E-state index contributed by atoms with van der Waals surface area (Å²) in [4.78, 5) is 0. The SMILES string of the molecule is COCCOC.[NaH]. The van der Waals surface area contributed by atoms with Gasteiger partial charge in [0.15, 0.2) is 0 Å². The van der Waals surface area contributed by atoms with Gasteiger partial charge < -0.3 is 9.47 Å². The molecule has 0 aliphatic rings. The van der Waals surface area contributed by atoms with Crippen LogP contribution in [0.15, 0.2) is 0 Å². The second-order valence-corrected chi connectivity index (χ2v) is 0.986. The molecule has 0 heterocycles. The average Bonchev–Trinajstić information content (AvgIpc) is 1.61. The van der Waals surface area contributed by atoms with Gasteiger partial charge in [0.25, 0.3) is 0 Å². The fraction of sp³-hybridized carbons (Fsp3) is 1.00. The summed E-state index contributed by atoms with van der Waals surface area (Å²) in [7, 11) is 3.30. The molecule has 0 aliphatic heterocycles. The molecule has 0 N–H and O–H groups in total. The number of ether oxygens (including phenoxy) is 2. The summed E-state index contributed by atoms with van der Waals surface area (Å²) < 4.78 is 9.31. The Hall–Kier alpha value is 0.920. The third-order valence-corrected chi connectivity index (χ3v) is 0.492. The zero-order valence-electron chi connectivity index (χ0n) is 4.23. The number of hydrogen-bond acceptors (Lipinski definition) is 2. The van der Waals surface area contributed by atoms with Gasteiger partial charge in [-0.3, -0.25) is 0 Å². The molecule has 0 rings (SSSR count). The Balaban J connectivity index is 0. The molecule has 0 atom stereocenters. The molecule has 0 aromatic carbocycles. The Bertz CT molecular complexity index is 21.7. The molecular weight excluding hydrogens is 103 g/mol. The van der Waals surface area contributed by atoms with Gasteiger partial charge in [-0.25, -0.2) is 0 Å². The molecule has 40 valence electrons. The summed E-state index contributed by atoms with van der Waals surface area (Å²) in [6, 6.07) is 0. The Morgan fingerprint density at radius 2 is 1.29 bits per heavy atom. The van der Waals surface area contributed by atoms with Gasteiger partial charge in [-0.2, -0.15) is 0 Å². The van der Waals surface area contributed by atoms with Crippen molar-refractivity contribution in [3.05, 3.63) is 0 Å². The molecule has 0 amide bonds. The van der Waals surface area contributed by atoms with Crippen molar-refractivity contribution in [1.29, 1.82) is 0 Å². The van der Waals surface area contributed by atoms with Crippen molar-refractivity contribution >= 4 is 29.6 Å². The molecule has 0 radical (unpaired) electrons. The summed E-state index contributed by atoms with van der Waals surface area (Å²) in [6.45, 7) is 1.38. The quantitative estimate of drug-likeness (QED) is 0.368. The van der Waals surface area contributed by atoms with Crippen LogP contribution < -0.4 is 0 Å². The van der Waals surface area contributed by atoms with Crippen LogP contribution in [0.5, 0.6) is 0 Å². The van der Waals surface area contributed by atoms with Crippen molar-refractivity contribution in [2.24, 2.45) is 0 Å². The summed E-state index contributed by atoms with van der Waals surface area (Å²) >= 11 is 0. The molecule has 2 nitrogen and oxygen atoms in total. The van der Waals surface area contributed by atoms with E-state index in [-0.39, 0.29) is 29.6 Å². The van der Waals surface area contributed by atoms with E-state index in [1.165, 1.54) is 0 Å². The Morgan fingerprint density at radius 1 is 1.00 bits per heavy atom. The van der Waals surface area contributed by atoms with Crippen molar-refractivity contribution in [2.45, 2.75) is 0 Å². The van der Waals surface area contributed by atoms with Gasteiger partial charge in [0.2, 0.25) is 0 Å². The van der Waals surface area contributed by atoms with E-state index in [4.69, 9.17) is 0 Å². The van der Waals surface area contributed by atoms with Gasteiger partial charge in [0, 0.05) is 14.2 Å². The normalized spacial score (nSPS) is 7.71. The van der Waals surface area contributed by atoms with Crippen LogP contribution in [0.25, 0.3) is 0 Å². The maximum absolute atomic E-state index is 4.66. The summed E-state index contributed by atoms with van der Waals surface area (Å²) in [5, 5.41) is 0. The molecule has 0 unspecified atom stereocenters. The van der Waals surface area contributed by atoms with Gasteiger partial charge in [-0.15, -0.1) is 0 Å². The molecular formula is C4H11NaO2. The van der Waals surface area contributed by atoms with E-state index in [0.717, 1.165) is 0 Å². The van der Waals surface area contributed by atoms with E-state index in [1.807, 2.05) is 0 Å².